The number of ketones is 1. The molecule has 2 aromatic rings. The maximum Gasteiger partial charge on any atom is 0.285 e. The van der Waals surface area contributed by atoms with Crippen molar-refractivity contribution in [2.24, 2.45) is 28.0 Å². The van der Waals surface area contributed by atoms with Crippen molar-refractivity contribution in [3.63, 3.8) is 0 Å². The summed E-state index contributed by atoms with van der Waals surface area (Å²) in [5.41, 5.74) is 2.59. The maximum absolute atomic E-state index is 14.8. The fraction of sp³-hybridized carbons (Fsp3) is 0.600. The molecule has 3 aliphatic carbocycles. The molecule has 2 bridgehead atoms. The van der Waals surface area contributed by atoms with E-state index in [2.05, 4.69) is 33.5 Å². The number of benzene rings is 2. The molecule has 2 saturated carbocycles. The third-order valence-electron chi connectivity index (χ3n) is 12.5. The number of rotatable bonds is 4. The molecule has 1 N–H and O–H groups in total. The molecule has 2 fully saturated rings. The van der Waals surface area contributed by atoms with Gasteiger partial charge < -0.3 is 19.5 Å². The zero-order valence-electron chi connectivity index (χ0n) is 29.7. The van der Waals surface area contributed by atoms with Crippen LogP contribution < -0.4 is 9.64 Å². The van der Waals surface area contributed by atoms with E-state index in [0.29, 0.717) is 43.3 Å². The second kappa shape index (κ2) is 13.7. The first-order valence-electron chi connectivity index (χ1n) is 18.3. The molecule has 1 spiro atoms. The van der Waals surface area contributed by atoms with E-state index >= 15 is 0 Å². The fourth-order valence-electron chi connectivity index (χ4n) is 9.15. The Balaban J connectivity index is 1.30. The van der Waals surface area contributed by atoms with Crippen LogP contribution in [0.5, 0.6) is 5.75 Å². The molecule has 8 nitrogen and oxygen atoms in total. The topological polar surface area (TPSA) is 106 Å². The third-order valence-corrected chi connectivity index (χ3v) is 15.6. The molecule has 0 unspecified atom stereocenters. The monoisotopic (exact) mass is 722 g/mol. The van der Waals surface area contributed by atoms with E-state index < -0.39 is 26.5 Å². The van der Waals surface area contributed by atoms with E-state index in [-0.39, 0.29) is 34.9 Å². The molecular formula is C40H51ClN2O6S. The summed E-state index contributed by atoms with van der Waals surface area (Å²) >= 11 is 6.46. The van der Waals surface area contributed by atoms with Gasteiger partial charge in [-0.25, -0.2) is 4.21 Å². The van der Waals surface area contributed by atoms with Crippen molar-refractivity contribution in [2.45, 2.75) is 94.5 Å². The van der Waals surface area contributed by atoms with Crippen LogP contribution in [-0.4, -0.2) is 70.5 Å². The highest BCUT2D eigenvalue weighted by Gasteiger charge is 2.46. The number of nitrogens with zero attached hydrogens (tertiary/aromatic N) is 2. The first kappa shape index (κ1) is 35.7. The average molecular weight is 723 g/mol. The quantitative estimate of drug-likeness (QED) is 0.334. The summed E-state index contributed by atoms with van der Waals surface area (Å²) in [6, 6.07) is 11.7. The van der Waals surface area contributed by atoms with E-state index in [1.54, 1.807) is 20.1 Å². The number of ether oxygens (including phenoxy) is 2. The smallest absolute Gasteiger partial charge is 0.285 e. The van der Waals surface area contributed by atoms with Crippen molar-refractivity contribution in [1.82, 2.24) is 0 Å². The lowest BCUT2D eigenvalue weighted by Gasteiger charge is -2.46. The van der Waals surface area contributed by atoms with Crippen LogP contribution in [0.4, 0.5) is 5.69 Å². The van der Waals surface area contributed by atoms with Crippen LogP contribution >= 0.6 is 11.6 Å². The number of allylic oxidation sites excluding steroid dienone is 1. The number of fused-ring (bicyclic) bond motifs is 4. The van der Waals surface area contributed by atoms with Gasteiger partial charge in [0.2, 0.25) is 0 Å². The van der Waals surface area contributed by atoms with Crippen molar-refractivity contribution < 1.29 is 28.4 Å². The Bertz CT molecular complexity index is 1810. The molecule has 5 aliphatic rings. The van der Waals surface area contributed by atoms with Crippen LogP contribution in [0, 0.1) is 23.7 Å². The van der Waals surface area contributed by atoms with Crippen LogP contribution in [0.1, 0.15) is 87.2 Å². The van der Waals surface area contributed by atoms with E-state index in [4.69, 9.17) is 21.1 Å². The van der Waals surface area contributed by atoms with Gasteiger partial charge in [-0.1, -0.05) is 36.7 Å². The largest absolute Gasteiger partial charge is 0.490 e. The second-order valence-corrected chi connectivity index (χ2v) is 19.2. The van der Waals surface area contributed by atoms with Gasteiger partial charge in [0.15, 0.2) is 0 Å². The number of hydrogen-bond donors (Lipinski definition) is 1. The summed E-state index contributed by atoms with van der Waals surface area (Å²) in [4.78, 5) is 29.9. The summed E-state index contributed by atoms with van der Waals surface area (Å²) in [7, 11) is -1.53. The van der Waals surface area contributed by atoms with Gasteiger partial charge in [0, 0.05) is 47.4 Å². The van der Waals surface area contributed by atoms with Crippen molar-refractivity contribution in [3.8, 4) is 5.75 Å². The molecule has 270 valence electrons. The number of aliphatic hydroxyl groups is 1. The SMILES string of the molecule is CO[C@H]1/C=C/C[C@H](C)[C@@H](C)[S@@](=O)(CC(=O)C2CC(C)(O)C2)=NC(=O)c2ccc3c(c2)N(C[C@@H]2CC[C@H]21)C[C@@]1(CCCc2cc(Cl)ccc21)CO3. The molecule has 2 aliphatic heterocycles. The molecule has 2 aromatic carbocycles. The summed E-state index contributed by atoms with van der Waals surface area (Å²) in [6.45, 7) is 7.60. The Morgan fingerprint density at radius 1 is 1.18 bits per heavy atom. The van der Waals surface area contributed by atoms with E-state index in [9.17, 15) is 18.9 Å². The van der Waals surface area contributed by atoms with E-state index in [1.165, 1.54) is 11.1 Å². The lowest BCUT2D eigenvalue weighted by molar-refractivity contribution is -0.134. The summed E-state index contributed by atoms with van der Waals surface area (Å²) < 4.78 is 32.0. The van der Waals surface area contributed by atoms with Crippen molar-refractivity contribution in [2.75, 3.05) is 37.5 Å². The van der Waals surface area contributed by atoms with Gasteiger partial charge in [-0.05, 0) is 124 Å². The first-order valence-corrected chi connectivity index (χ1v) is 20.5. The molecular weight excluding hydrogens is 672 g/mol. The lowest BCUT2D eigenvalue weighted by atomic mass is 9.68. The molecule has 10 heteroatoms. The Kier molecular flexibility index (Phi) is 9.76. The second-order valence-electron chi connectivity index (χ2n) is 16.1. The Morgan fingerprint density at radius 2 is 1.98 bits per heavy atom. The number of hydrogen-bond acceptors (Lipinski definition) is 7. The predicted molar refractivity (Wildman–Crippen MR) is 198 cm³/mol. The van der Waals surface area contributed by atoms with Crippen LogP contribution in [0.15, 0.2) is 52.9 Å². The Morgan fingerprint density at radius 3 is 2.70 bits per heavy atom. The standard InChI is InChI=1S/C40H51ClN2O6S/c1-25-7-5-9-36(48-4)32-13-10-29(32)21-43-23-40(16-6-8-27-17-31(41)12-14-33(27)40)24-49-37-15-11-28(18-34(37)43)38(45)42-50(47,26(25)2)22-35(44)30-19-39(3,46)20-30/h5,9,11-12,14-15,17-18,25-26,29-30,32,36,46H,6-8,10,13,16,19-24H2,1-4H3/b9-5+/t25-,26+,29-,30?,32+,36-,39?,40-,50-/m0/s1. The van der Waals surface area contributed by atoms with Crippen LogP contribution in [0.25, 0.3) is 0 Å². The Hall–Kier alpha value is -2.72. The molecule has 7 atom stereocenters. The molecule has 2 heterocycles. The van der Waals surface area contributed by atoms with E-state index in [0.717, 1.165) is 61.7 Å². The molecule has 0 radical (unpaired) electrons. The normalized spacial score (nSPS) is 37.6. The first-order chi connectivity index (χ1) is 23.8. The molecule has 7 rings (SSSR count). The van der Waals surface area contributed by atoms with Gasteiger partial charge in [0.05, 0.1) is 39.5 Å². The maximum atomic E-state index is 14.8. The van der Waals surface area contributed by atoms with Gasteiger partial charge in [-0.3, -0.25) is 9.59 Å². The zero-order valence-corrected chi connectivity index (χ0v) is 31.3. The molecule has 0 saturated heterocycles. The van der Waals surface area contributed by atoms with Crippen molar-refractivity contribution in [3.05, 3.63) is 70.3 Å². The molecule has 50 heavy (non-hydrogen) atoms. The lowest BCUT2D eigenvalue weighted by Crippen LogP contribution is -2.49. The fourth-order valence-corrected chi connectivity index (χ4v) is 11.7. The van der Waals surface area contributed by atoms with Gasteiger partial charge >= 0.3 is 0 Å². The van der Waals surface area contributed by atoms with Crippen LogP contribution in [-0.2, 0) is 31.1 Å². The molecule has 0 aromatic heterocycles. The summed E-state index contributed by atoms with van der Waals surface area (Å²) in [5.74, 6) is -0.0918. The highest BCUT2D eigenvalue weighted by molar-refractivity contribution is 7.95. The van der Waals surface area contributed by atoms with Gasteiger partial charge in [-0.2, -0.15) is 4.36 Å². The minimum Gasteiger partial charge on any atom is -0.490 e. The van der Waals surface area contributed by atoms with E-state index in [1.807, 2.05) is 32.0 Å². The van der Waals surface area contributed by atoms with Crippen molar-refractivity contribution >= 4 is 38.7 Å². The number of anilines is 1. The summed E-state index contributed by atoms with van der Waals surface area (Å²) in [6.07, 6.45) is 10.7. The minimum atomic E-state index is -3.31. The van der Waals surface area contributed by atoms with Crippen LogP contribution in [0.2, 0.25) is 5.02 Å². The number of Topliss-reactive ketones (excluding diaryl/α,β-unsaturated/α-hetero) is 1. The highest BCUT2D eigenvalue weighted by Crippen LogP contribution is 2.47. The third kappa shape index (κ3) is 6.80. The number of carbonyl (C=O) groups excluding carboxylic acids is 2. The predicted octanol–water partition coefficient (Wildman–Crippen LogP) is 7.18. The number of aryl methyl sites for hydroxylation is 1. The Labute approximate surface area is 302 Å². The van der Waals surface area contributed by atoms with Crippen LogP contribution in [0.3, 0.4) is 0 Å². The number of carbonyl (C=O) groups is 2. The van der Waals surface area contributed by atoms with Crippen molar-refractivity contribution in [1.29, 1.82) is 0 Å². The zero-order chi connectivity index (χ0) is 35.4. The van der Waals surface area contributed by atoms with Gasteiger partial charge in [0.1, 0.15) is 11.5 Å². The number of amides is 1. The highest BCUT2D eigenvalue weighted by atomic mass is 35.5. The number of methoxy groups -OCH3 is 1. The summed E-state index contributed by atoms with van der Waals surface area (Å²) in [5, 5.41) is 10.5. The average Bonchev–Trinajstić information content (AvgIpc) is 3.20. The van der Waals surface area contributed by atoms with Gasteiger partial charge in [-0.15, -0.1) is 0 Å². The van der Waals surface area contributed by atoms with Gasteiger partial charge in [0.25, 0.3) is 5.91 Å². The molecule has 1 amide bonds. The number of halogens is 1. The minimum absolute atomic E-state index is 0.0479.